The quantitative estimate of drug-likeness (QED) is 0.335. The Morgan fingerprint density at radius 2 is 2.06 bits per heavy atom. The van der Waals surface area contributed by atoms with Crippen molar-refractivity contribution in [2.24, 2.45) is 0 Å². The standard InChI is InChI=1S/C14H16O4/c1-4-9-18-13-8-6-5-7-11(13)12(10-16-2)14(15)17-3/h4-8,10H,1,9H2,2-3H3. The number of hydrogen-bond acceptors (Lipinski definition) is 4. The van der Waals surface area contributed by atoms with Crippen LogP contribution in [0.1, 0.15) is 5.56 Å². The molecule has 0 N–H and O–H groups in total. The fourth-order valence-corrected chi connectivity index (χ4v) is 1.41. The number of hydrogen-bond donors (Lipinski definition) is 0. The van der Waals surface area contributed by atoms with Gasteiger partial charge in [0.05, 0.1) is 20.5 Å². The Kier molecular flexibility index (Phi) is 5.51. The van der Waals surface area contributed by atoms with E-state index >= 15 is 0 Å². The third kappa shape index (κ3) is 3.38. The topological polar surface area (TPSA) is 44.8 Å². The monoisotopic (exact) mass is 248 g/mol. The van der Waals surface area contributed by atoms with E-state index in [1.165, 1.54) is 20.5 Å². The Balaban J connectivity index is 3.15. The Bertz CT molecular complexity index is 449. The highest BCUT2D eigenvalue weighted by Crippen LogP contribution is 2.26. The fourth-order valence-electron chi connectivity index (χ4n) is 1.41. The maximum atomic E-state index is 11.7. The second-order valence-electron chi connectivity index (χ2n) is 3.35. The van der Waals surface area contributed by atoms with E-state index in [0.717, 1.165) is 0 Å². The van der Waals surface area contributed by atoms with Crippen LogP contribution < -0.4 is 4.74 Å². The van der Waals surface area contributed by atoms with Gasteiger partial charge in [-0.2, -0.15) is 0 Å². The summed E-state index contributed by atoms with van der Waals surface area (Å²) >= 11 is 0. The summed E-state index contributed by atoms with van der Waals surface area (Å²) in [7, 11) is 2.79. The number of ether oxygens (including phenoxy) is 3. The summed E-state index contributed by atoms with van der Waals surface area (Å²) in [5, 5.41) is 0. The smallest absolute Gasteiger partial charge is 0.341 e. The molecule has 0 aromatic heterocycles. The van der Waals surface area contributed by atoms with Gasteiger partial charge in [-0.25, -0.2) is 4.79 Å². The van der Waals surface area contributed by atoms with Crippen molar-refractivity contribution in [3.05, 3.63) is 48.7 Å². The lowest BCUT2D eigenvalue weighted by molar-refractivity contribution is -0.133. The van der Waals surface area contributed by atoms with Crippen LogP contribution in [0.3, 0.4) is 0 Å². The molecular formula is C14H16O4. The van der Waals surface area contributed by atoms with Crippen LogP contribution in [0, 0.1) is 0 Å². The molecule has 0 spiro atoms. The minimum absolute atomic E-state index is 0.305. The van der Waals surface area contributed by atoms with E-state index in [-0.39, 0.29) is 0 Å². The number of benzene rings is 1. The van der Waals surface area contributed by atoms with Crippen molar-refractivity contribution in [2.75, 3.05) is 20.8 Å². The van der Waals surface area contributed by atoms with Gasteiger partial charge in [0.15, 0.2) is 0 Å². The lowest BCUT2D eigenvalue weighted by Crippen LogP contribution is -2.06. The Morgan fingerprint density at radius 3 is 2.67 bits per heavy atom. The van der Waals surface area contributed by atoms with Crippen LogP contribution in [0.25, 0.3) is 5.57 Å². The van der Waals surface area contributed by atoms with Gasteiger partial charge in [0.2, 0.25) is 0 Å². The summed E-state index contributed by atoms with van der Waals surface area (Å²) < 4.78 is 15.1. The van der Waals surface area contributed by atoms with E-state index in [4.69, 9.17) is 14.2 Å². The van der Waals surface area contributed by atoms with Crippen molar-refractivity contribution < 1.29 is 19.0 Å². The van der Waals surface area contributed by atoms with E-state index < -0.39 is 5.97 Å². The average molecular weight is 248 g/mol. The van der Waals surface area contributed by atoms with Crippen molar-refractivity contribution in [1.82, 2.24) is 0 Å². The molecule has 4 heteroatoms. The molecule has 0 bridgehead atoms. The average Bonchev–Trinajstić information content (AvgIpc) is 2.42. The molecule has 4 nitrogen and oxygen atoms in total. The van der Waals surface area contributed by atoms with E-state index in [2.05, 4.69) is 6.58 Å². The number of carbonyl (C=O) groups is 1. The van der Waals surface area contributed by atoms with Crippen LogP contribution in [0.2, 0.25) is 0 Å². The maximum Gasteiger partial charge on any atom is 0.341 e. The first-order valence-corrected chi connectivity index (χ1v) is 5.39. The van der Waals surface area contributed by atoms with Crippen molar-refractivity contribution >= 4 is 11.5 Å². The highest BCUT2D eigenvalue weighted by molar-refractivity contribution is 6.16. The summed E-state index contributed by atoms with van der Waals surface area (Å²) in [6, 6.07) is 7.16. The molecule has 0 aliphatic carbocycles. The van der Waals surface area contributed by atoms with Gasteiger partial charge in [-0.05, 0) is 6.07 Å². The Labute approximate surface area is 106 Å². The SMILES string of the molecule is C=CCOc1ccccc1C(=COC)C(=O)OC. The molecule has 0 heterocycles. The van der Waals surface area contributed by atoms with Gasteiger partial charge in [-0.1, -0.05) is 30.9 Å². The van der Waals surface area contributed by atoms with Gasteiger partial charge in [-0.15, -0.1) is 0 Å². The van der Waals surface area contributed by atoms with E-state index in [1.807, 2.05) is 12.1 Å². The third-order valence-electron chi connectivity index (χ3n) is 2.17. The number of rotatable bonds is 6. The van der Waals surface area contributed by atoms with E-state index in [1.54, 1.807) is 18.2 Å². The lowest BCUT2D eigenvalue weighted by Gasteiger charge is -2.11. The number of carbonyl (C=O) groups excluding carboxylic acids is 1. The zero-order valence-corrected chi connectivity index (χ0v) is 10.5. The molecule has 0 aliphatic heterocycles. The molecule has 0 amide bonds. The summed E-state index contributed by atoms with van der Waals surface area (Å²) in [6.45, 7) is 3.94. The van der Waals surface area contributed by atoms with E-state index in [0.29, 0.717) is 23.5 Å². The molecule has 0 radical (unpaired) electrons. The molecule has 18 heavy (non-hydrogen) atoms. The van der Waals surface area contributed by atoms with Gasteiger partial charge >= 0.3 is 5.97 Å². The third-order valence-corrected chi connectivity index (χ3v) is 2.17. The van der Waals surface area contributed by atoms with Crippen LogP contribution >= 0.6 is 0 Å². The molecular weight excluding hydrogens is 232 g/mol. The summed E-state index contributed by atoms with van der Waals surface area (Å²) in [4.78, 5) is 11.7. The predicted octanol–water partition coefficient (Wildman–Crippen LogP) is 2.41. The van der Waals surface area contributed by atoms with E-state index in [9.17, 15) is 4.79 Å². The second-order valence-corrected chi connectivity index (χ2v) is 3.35. The van der Waals surface area contributed by atoms with Gasteiger partial charge in [0, 0.05) is 5.56 Å². The number of methoxy groups -OCH3 is 2. The number of esters is 1. The lowest BCUT2D eigenvalue weighted by atomic mass is 10.1. The van der Waals surface area contributed by atoms with Crippen molar-refractivity contribution in [3.63, 3.8) is 0 Å². The zero-order valence-electron chi connectivity index (χ0n) is 10.5. The van der Waals surface area contributed by atoms with Gasteiger partial charge in [0.25, 0.3) is 0 Å². The Morgan fingerprint density at radius 1 is 1.33 bits per heavy atom. The Hall–Kier alpha value is -2.23. The van der Waals surface area contributed by atoms with Crippen molar-refractivity contribution in [3.8, 4) is 5.75 Å². The highest BCUT2D eigenvalue weighted by Gasteiger charge is 2.17. The van der Waals surface area contributed by atoms with Gasteiger partial charge in [0.1, 0.15) is 17.9 Å². The molecule has 0 atom stereocenters. The molecule has 0 aliphatic rings. The zero-order chi connectivity index (χ0) is 13.4. The first-order valence-electron chi connectivity index (χ1n) is 5.39. The summed E-state index contributed by atoms with van der Waals surface area (Å²) in [5.74, 6) is 0.0950. The van der Waals surface area contributed by atoms with Crippen LogP contribution in [-0.2, 0) is 14.3 Å². The normalized spacial score (nSPS) is 10.7. The first kappa shape index (κ1) is 13.8. The minimum Gasteiger partial charge on any atom is -0.503 e. The molecule has 0 fully saturated rings. The fraction of sp³-hybridized carbons (Fsp3) is 0.214. The highest BCUT2D eigenvalue weighted by atomic mass is 16.5. The van der Waals surface area contributed by atoms with Crippen LogP contribution in [0.5, 0.6) is 5.75 Å². The second kappa shape index (κ2) is 7.17. The maximum absolute atomic E-state index is 11.7. The van der Waals surface area contributed by atoms with Gasteiger partial charge < -0.3 is 14.2 Å². The molecule has 1 aromatic rings. The molecule has 0 saturated heterocycles. The molecule has 96 valence electrons. The number of para-hydroxylation sites is 1. The van der Waals surface area contributed by atoms with Crippen LogP contribution in [0.4, 0.5) is 0 Å². The molecule has 0 saturated carbocycles. The summed E-state index contributed by atoms with van der Waals surface area (Å²) in [5.41, 5.74) is 0.924. The predicted molar refractivity (Wildman–Crippen MR) is 69.1 cm³/mol. The first-order chi connectivity index (χ1) is 8.74. The van der Waals surface area contributed by atoms with Crippen LogP contribution in [-0.4, -0.2) is 26.8 Å². The largest absolute Gasteiger partial charge is 0.503 e. The van der Waals surface area contributed by atoms with Crippen LogP contribution in [0.15, 0.2) is 43.2 Å². The minimum atomic E-state index is -0.480. The summed E-state index contributed by atoms with van der Waals surface area (Å²) in [6.07, 6.45) is 2.97. The molecule has 0 unspecified atom stereocenters. The van der Waals surface area contributed by atoms with Crippen molar-refractivity contribution in [2.45, 2.75) is 0 Å². The van der Waals surface area contributed by atoms with Crippen molar-refractivity contribution in [1.29, 1.82) is 0 Å². The molecule has 1 rings (SSSR count). The molecule has 1 aromatic carbocycles. The van der Waals surface area contributed by atoms with Gasteiger partial charge in [-0.3, -0.25) is 0 Å².